The van der Waals surface area contributed by atoms with Crippen LogP contribution in [-0.2, 0) is 4.74 Å². The molecule has 1 aromatic carbocycles. The van der Waals surface area contributed by atoms with Crippen molar-refractivity contribution >= 4 is 0 Å². The molecule has 0 amide bonds. The van der Waals surface area contributed by atoms with E-state index >= 15 is 0 Å². The van der Waals surface area contributed by atoms with Crippen molar-refractivity contribution in [2.75, 3.05) is 13.7 Å². The molecule has 0 aliphatic carbocycles. The molecule has 1 fully saturated rings. The molecule has 0 radical (unpaired) electrons. The van der Waals surface area contributed by atoms with Gasteiger partial charge in [0.25, 0.3) is 0 Å². The minimum atomic E-state index is 0.188. The Morgan fingerprint density at radius 1 is 1.33 bits per heavy atom. The van der Waals surface area contributed by atoms with Crippen LogP contribution in [0.15, 0.2) is 24.3 Å². The standard InChI is InChI=1S/C15H23NO2/c1-11(2)18-13-8-5-4-7-12(13)15(16-3)14-9-6-10-17-14/h4-5,7-8,11,14-16H,6,9-10H2,1-3H3. The molecule has 3 nitrogen and oxygen atoms in total. The molecule has 1 aliphatic heterocycles. The third kappa shape index (κ3) is 3.03. The van der Waals surface area contributed by atoms with Crippen molar-refractivity contribution in [3.8, 4) is 5.75 Å². The Morgan fingerprint density at radius 2 is 2.11 bits per heavy atom. The largest absolute Gasteiger partial charge is 0.491 e. The molecule has 0 saturated carbocycles. The first-order valence-electron chi connectivity index (χ1n) is 6.77. The van der Waals surface area contributed by atoms with Gasteiger partial charge in [0.05, 0.1) is 18.2 Å². The summed E-state index contributed by atoms with van der Waals surface area (Å²) in [6.07, 6.45) is 2.71. The molecule has 1 saturated heterocycles. The van der Waals surface area contributed by atoms with E-state index < -0.39 is 0 Å². The first kappa shape index (κ1) is 13.4. The maximum absolute atomic E-state index is 5.89. The van der Waals surface area contributed by atoms with Crippen LogP contribution < -0.4 is 10.1 Å². The summed E-state index contributed by atoms with van der Waals surface area (Å²) < 4.78 is 11.7. The lowest BCUT2D eigenvalue weighted by molar-refractivity contribution is 0.0792. The van der Waals surface area contributed by atoms with E-state index in [0.717, 1.165) is 25.2 Å². The van der Waals surface area contributed by atoms with E-state index in [2.05, 4.69) is 31.3 Å². The quantitative estimate of drug-likeness (QED) is 0.870. The Bertz CT molecular complexity index is 373. The van der Waals surface area contributed by atoms with Crippen LogP contribution in [0.4, 0.5) is 0 Å². The monoisotopic (exact) mass is 249 g/mol. The van der Waals surface area contributed by atoms with Gasteiger partial charge < -0.3 is 14.8 Å². The van der Waals surface area contributed by atoms with Gasteiger partial charge in [0.15, 0.2) is 0 Å². The van der Waals surface area contributed by atoms with Crippen LogP contribution in [0.3, 0.4) is 0 Å². The number of nitrogens with one attached hydrogen (secondary N) is 1. The van der Waals surface area contributed by atoms with E-state index in [1.807, 2.05) is 19.2 Å². The molecule has 1 N–H and O–H groups in total. The van der Waals surface area contributed by atoms with Gasteiger partial charge in [-0.3, -0.25) is 0 Å². The van der Waals surface area contributed by atoms with Gasteiger partial charge in [0.2, 0.25) is 0 Å². The van der Waals surface area contributed by atoms with Crippen molar-refractivity contribution in [1.29, 1.82) is 0 Å². The Morgan fingerprint density at radius 3 is 2.72 bits per heavy atom. The summed E-state index contributed by atoms with van der Waals surface area (Å²) in [5.41, 5.74) is 1.20. The first-order valence-corrected chi connectivity index (χ1v) is 6.77. The lowest BCUT2D eigenvalue weighted by Crippen LogP contribution is -2.29. The van der Waals surface area contributed by atoms with Crippen LogP contribution in [0.25, 0.3) is 0 Å². The summed E-state index contributed by atoms with van der Waals surface area (Å²) in [4.78, 5) is 0. The van der Waals surface area contributed by atoms with Gasteiger partial charge in [0, 0.05) is 12.2 Å². The molecule has 1 aromatic rings. The van der Waals surface area contributed by atoms with E-state index in [-0.39, 0.29) is 18.2 Å². The zero-order valence-electron chi connectivity index (χ0n) is 11.5. The molecule has 3 heteroatoms. The molecule has 18 heavy (non-hydrogen) atoms. The van der Waals surface area contributed by atoms with Crippen molar-refractivity contribution < 1.29 is 9.47 Å². The number of hydrogen-bond acceptors (Lipinski definition) is 3. The van der Waals surface area contributed by atoms with Crippen molar-refractivity contribution in [2.24, 2.45) is 0 Å². The Kier molecular flexibility index (Phi) is 4.61. The van der Waals surface area contributed by atoms with Crippen LogP contribution >= 0.6 is 0 Å². The second-order valence-electron chi connectivity index (χ2n) is 5.02. The van der Waals surface area contributed by atoms with E-state index in [0.29, 0.717) is 0 Å². The summed E-state index contributed by atoms with van der Waals surface area (Å²) in [6, 6.07) is 8.45. The van der Waals surface area contributed by atoms with Gasteiger partial charge in [0.1, 0.15) is 5.75 Å². The predicted octanol–water partition coefficient (Wildman–Crippen LogP) is 2.91. The fraction of sp³-hybridized carbons (Fsp3) is 0.600. The minimum Gasteiger partial charge on any atom is -0.491 e. The van der Waals surface area contributed by atoms with Gasteiger partial charge >= 0.3 is 0 Å². The van der Waals surface area contributed by atoms with E-state index in [1.54, 1.807) is 0 Å². The number of hydrogen-bond donors (Lipinski definition) is 1. The average Bonchev–Trinajstić information content (AvgIpc) is 2.85. The molecular formula is C15H23NO2. The maximum Gasteiger partial charge on any atom is 0.124 e. The van der Waals surface area contributed by atoms with Crippen molar-refractivity contribution in [1.82, 2.24) is 5.32 Å². The number of para-hydroxylation sites is 1. The van der Waals surface area contributed by atoms with E-state index in [1.165, 1.54) is 5.56 Å². The molecule has 2 unspecified atom stereocenters. The molecule has 1 heterocycles. The van der Waals surface area contributed by atoms with Crippen LogP contribution in [0.5, 0.6) is 5.75 Å². The predicted molar refractivity (Wildman–Crippen MR) is 73.0 cm³/mol. The van der Waals surface area contributed by atoms with Crippen LogP contribution in [-0.4, -0.2) is 25.9 Å². The third-order valence-corrected chi connectivity index (χ3v) is 3.26. The van der Waals surface area contributed by atoms with Crippen LogP contribution in [0.2, 0.25) is 0 Å². The topological polar surface area (TPSA) is 30.5 Å². The van der Waals surface area contributed by atoms with Gasteiger partial charge in [-0.1, -0.05) is 18.2 Å². The summed E-state index contributed by atoms with van der Waals surface area (Å²) in [7, 11) is 1.98. The lowest BCUT2D eigenvalue weighted by atomic mass is 9.98. The van der Waals surface area contributed by atoms with Crippen molar-refractivity contribution in [2.45, 2.75) is 44.9 Å². The Hall–Kier alpha value is -1.06. The van der Waals surface area contributed by atoms with Crippen molar-refractivity contribution in [3.63, 3.8) is 0 Å². The highest BCUT2D eigenvalue weighted by molar-refractivity contribution is 5.37. The number of ether oxygens (including phenoxy) is 2. The normalized spacial score (nSPS) is 21.2. The molecule has 2 atom stereocenters. The van der Waals surface area contributed by atoms with Crippen molar-refractivity contribution in [3.05, 3.63) is 29.8 Å². The molecule has 1 aliphatic rings. The summed E-state index contributed by atoms with van der Waals surface area (Å²) >= 11 is 0. The maximum atomic E-state index is 5.89. The molecule has 100 valence electrons. The van der Waals surface area contributed by atoms with Gasteiger partial charge in [-0.15, -0.1) is 0 Å². The minimum absolute atomic E-state index is 0.188. The van der Waals surface area contributed by atoms with E-state index in [9.17, 15) is 0 Å². The van der Waals surface area contributed by atoms with Gasteiger partial charge in [-0.2, -0.15) is 0 Å². The number of rotatable bonds is 5. The highest BCUT2D eigenvalue weighted by atomic mass is 16.5. The zero-order valence-corrected chi connectivity index (χ0v) is 11.5. The van der Waals surface area contributed by atoms with Gasteiger partial charge in [-0.25, -0.2) is 0 Å². The summed E-state index contributed by atoms with van der Waals surface area (Å²) in [5, 5.41) is 3.37. The second kappa shape index (κ2) is 6.21. The fourth-order valence-electron chi connectivity index (χ4n) is 2.51. The highest BCUT2D eigenvalue weighted by Gasteiger charge is 2.28. The molecule has 2 rings (SSSR count). The fourth-order valence-corrected chi connectivity index (χ4v) is 2.51. The number of likely N-dealkylation sites (N-methyl/N-ethyl adjacent to an activating group) is 1. The second-order valence-corrected chi connectivity index (χ2v) is 5.02. The molecule has 0 aromatic heterocycles. The average molecular weight is 249 g/mol. The van der Waals surface area contributed by atoms with E-state index in [4.69, 9.17) is 9.47 Å². The Labute approximate surface area is 109 Å². The Balaban J connectivity index is 2.23. The zero-order chi connectivity index (χ0) is 13.0. The third-order valence-electron chi connectivity index (χ3n) is 3.26. The lowest BCUT2D eigenvalue weighted by Gasteiger charge is -2.25. The SMILES string of the molecule is CNC(c1ccccc1OC(C)C)C1CCCO1. The summed E-state index contributed by atoms with van der Waals surface area (Å²) in [6.45, 7) is 4.98. The molecule has 0 spiro atoms. The summed E-state index contributed by atoms with van der Waals surface area (Å²) in [5.74, 6) is 0.961. The number of benzene rings is 1. The highest BCUT2D eigenvalue weighted by Crippen LogP contribution is 2.32. The first-order chi connectivity index (χ1) is 8.72. The molecule has 0 bridgehead atoms. The van der Waals surface area contributed by atoms with Crippen LogP contribution in [0, 0.1) is 0 Å². The smallest absolute Gasteiger partial charge is 0.124 e. The van der Waals surface area contributed by atoms with Gasteiger partial charge in [-0.05, 0) is 39.8 Å². The van der Waals surface area contributed by atoms with Crippen LogP contribution in [0.1, 0.15) is 38.3 Å². The molecular weight excluding hydrogens is 226 g/mol.